The van der Waals surface area contributed by atoms with Crippen LogP contribution < -0.4 is 9.64 Å². The van der Waals surface area contributed by atoms with Gasteiger partial charge in [0.1, 0.15) is 11.3 Å². The van der Waals surface area contributed by atoms with Gasteiger partial charge < -0.3 is 4.74 Å². The lowest BCUT2D eigenvalue weighted by molar-refractivity contribution is -0.118. The van der Waals surface area contributed by atoms with Crippen LogP contribution in [0.15, 0.2) is 71.9 Å². The predicted octanol–water partition coefficient (Wildman–Crippen LogP) is 5.59. The van der Waals surface area contributed by atoms with Crippen LogP contribution in [0, 0.1) is 0 Å². The number of methoxy groups -OCH3 is 1. The Hall–Kier alpha value is -2.90. The summed E-state index contributed by atoms with van der Waals surface area (Å²) in [5, 5.41) is 0.666. The number of nitrogens with zero attached hydrogens (tertiary/aromatic N) is 3. The molecule has 0 N–H and O–H groups in total. The lowest BCUT2D eigenvalue weighted by Gasteiger charge is -2.20. The molecule has 5 nitrogen and oxygen atoms in total. The van der Waals surface area contributed by atoms with Crippen LogP contribution in [0.5, 0.6) is 5.75 Å². The molecule has 0 aliphatic rings. The molecule has 0 saturated carbocycles. The number of rotatable bonds is 8. The highest BCUT2D eigenvalue weighted by Gasteiger charge is 2.21. The van der Waals surface area contributed by atoms with Gasteiger partial charge in [0.15, 0.2) is 5.13 Å². The quantitative estimate of drug-likeness (QED) is 0.328. The summed E-state index contributed by atoms with van der Waals surface area (Å²) in [6.07, 6.45) is 3.79. The lowest BCUT2D eigenvalue weighted by Crippen LogP contribution is -2.31. The maximum Gasteiger partial charge on any atom is 0.233 e. The molecule has 0 saturated heterocycles. The number of thiazole rings is 1. The van der Waals surface area contributed by atoms with Crippen LogP contribution in [-0.2, 0) is 17.8 Å². The molecule has 0 aliphatic carbocycles. The van der Waals surface area contributed by atoms with Crippen LogP contribution in [-0.4, -0.2) is 28.7 Å². The molecular weight excluding hydrogens is 426 g/mol. The number of carbonyl (C=O) groups excluding carboxylic acids is 1. The zero-order chi connectivity index (χ0) is 21.6. The monoisotopic (exact) mass is 449 g/mol. The van der Waals surface area contributed by atoms with Crippen LogP contribution in [0.25, 0.3) is 10.2 Å². The van der Waals surface area contributed by atoms with E-state index in [2.05, 4.69) is 24.0 Å². The van der Waals surface area contributed by atoms with Gasteiger partial charge in [0.05, 0.1) is 24.8 Å². The van der Waals surface area contributed by atoms with Crippen LogP contribution in [0.4, 0.5) is 5.13 Å². The van der Waals surface area contributed by atoms with Gasteiger partial charge in [-0.2, -0.15) is 0 Å². The van der Waals surface area contributed by atoms with Gasteiger partial charge in [0.25, 0.3) is 0 Å². The van der Waals surface area contributed by atoms with Crippen molar-refractivity contribution in [3.05, 3.63) is 78.1 Å². The Morgan fingerprint density at radius 2 is 1.84 bits per heavy atom. The molecule has 4 rings (SSSR count). The second-order valence-corrected chi connectivity index (χ2v) is 9.24. The number of hydrogen-bond acceptors (Lipinski definition) is 6. The third-order valence-electron chi connectivity index (χ3n) is 4.80. The minimum atomic E-state index is 0.00531. The van der Waals surface area contributed by atoms with E-state index in [0.29, 0.717) is 23.8 Å². The van der Waals surface area contributed by atoms with Crippen molar-refractivity contribution >= 4 is 44.4 Å². The Labute approximate surface area is 190 Å². The van der Waals surface area contributed by atoms with Crippen molar-refractivity contribution in [1.29, 1.82) is 0 Å². The van der Waals surface area contributed by atoms with Gasteiger partial charge in [-0.3, -0.25) is 14.7 Å². The molecule has 0 aliphatic heterocycles. The number of hydrogen-bond donors (Lipinski definition) is 0. The second kappa shape index (κ2) is 9.94. The molecule has 2 heterocycles. The third kappa shape index (κ3) is 5.06. The van der Waals surface area contributed by atoms with Crippen LogP contribution in [0.3, 0.4) is 0 Å². The Morgan fingerprint density at radius 3 is 2.55 bits per heavy atom. The van der Waals surface area contributed by atoms with Crippen LogP contribution in [0.1, 0.15) is 18.1 Å². The number of amides is 1. The number of fused-ring (bicyclic) bond motifs is 1. The molecular formula is C24H23N3O2S2. The van der Waals surface area contributed by atoms with Crippen molar-refractivity contribution < 1.29 is 9.53 Å². The molecule has 2 aromatic heterocycles. The molecule has 0 atom stereocenters. The van der Waals surface area contributed by atoms with E-state index in [0.717, 1.165) is 27.1 Å². The first-order valence-electron chi connectivity index (χ1n) is 10.0. The predicted molar refractivity (Wildman–Crippen MR) is 128 cm³/mol. The Bertz CT molecular complexity index is 1160. The number of pyridine rings is 1. The summed E-state index contributed by atoms with van der Waals surface area (Å²) >= 11 is 3.29. The van der Waals surface area contributed by atoms with Crippen molar-refractivity contribution in [3.63, 3.8) is 0 Å². The highest BCUT2D eigenvalue weighted by molar-refractivity contribution is 7.99. The minimum absolute atomic E-state index is 0.00531. The molecule has 158 valence electrons. The average molecular weight is 450 g/mol. The fourth-order valence-corrected chi connectivity index (χ4v) is 4.93. The summed E-state index contributed by atoms with van der Waals surface area (Å²) in [6, 6.07) is 17.9. The average Bonchev–Trinajstić information content (AvgIpc) is 3.23. The number of benzene rings is 2. The minimum Gasteiger partial charge on any atom is -0.494 e. The van der Waals surface area contributed by atoms with E-state index in [1.165, 1.54) is 16.2 Å². The summed E-state index contributed by atoms with van der Waals surface area (Å²) in [4.78, 5) is 25.2. The van der Waals surface area contributed by atoms with E-state index in [9.17, 15) is 4.79 Å². The number of aromatic nitrogens is 2. The largest absolute Gasteiger partial charge is 0.494 e. The normalized spacial score (nSPS) is 10.9. The van der Waals surface area contributed by atoms with Gasteiger partial charge in [0, 0.05) is 17.3 Å². The van der Waals surface area contributed by atoms with Crippen molar-refractivity contribution in [2.24, 2.45) is 0 Å². The second-order valence-electron chi connectivity index (χ2n) is 6.89. The van der Waals surface area contributed by atoms with Crippen LogP contribution in [0.2, 0.25) is 0 Å². The van der Waals surface area contributed by atoms with Crippen LogP contribution >= 0.6 is 23.1 Å². The molecule has 0 radical (unpaired) electrons. The topological polar surface area (TPSA) is 55.3 Å². The summed E-state index contributed by atoms with van der Waals surface area (Å²) < 4.78 is 6.45. The maximum absolute atomic E-state index is 13.4. The zero-order valence-electron chi connectivity index (χ0n) is 17.4. The Kier molecular flexibility index (Phi) is 6.84. The molecule has 0 fully saturated rings. The Balaban J connectivity index is 1.64. The van der Waals surface area contributed by atoms with E-state index < -0.39 is 0 Å². The van der Waals surface area contributed by atoms with E-state index in [1.54, 1.807) is 36.2 Å². The van der Waals surface area contributed by atoms with Gasteiger partial charge in [-0.1, -0.05) is 36.5 Å². The number of anilines is 1. The highest BCUT2D eigenvalue weighted by Crippen LogP contribution is 2.35. The van der Waals surface area contributed by atoms with Crippen molar-refractivity contribution in [1.82, 2.24) is 9.97 Å². The van der Waals surface area contributed by atoms with Crippen molar-refractivity contribution in [2.75, 3.05) is 17.8 Å². The van der Waals surface area contributed by atoms with Gasteiger partial charge in [-0.05, 0) is 53.3 Å². The van der Waals surface area contributed by atoms with E-state index in [4.69, 9.17) is 9.72 Å². The first kappa shape index (κ1) is 21.3. The SMILES string of the molecule is CCSc1ccc(CC(=O)N(Cc2ccncc2)c2nc3c(OC)cccc3s2)cc1. The van der Waals surface area contributed by atoms with Gasteiger partial charge in [-0.25, -0.2) is 4.98 Å². The third-order valence-corrected chi connectivity index (χ3v) is 6.74. The first-order valence-corrected chi connectivity index (χ1v) is 11.8. The molecule has 1 amide bonds. The summed E-state index contributed by atoms with van der Waals surface area (Å²) in [7, 11) is 1.63. The van der Waals surface area contributed by atoms with Gasteiger partial charge in [0.2, 0.25) is 5.91 Å². The van der Waals surface area contributed by atoms with Crippen molar-refractivity contribution in [2.45, 2.75) is 24.8 Å². The molecule has 2 aromatic carbocycles. The standard InChI is InChI=1S/C24H23N3O2S2/c1-3-30-19-9-7-17(8-10-19)15-22(28)27(16-18-11-13-25-14-12-18)24-26-23-20(29-2)5-4-6-21(23)31-24/h4-14H,3,15-16H2,1-2H3. The Morgan fingerprint density at radius 1 is 1.06 bits per heavy atom. The maximum atomic E-state index is 13.4. The molecule has 31 heavy (non-hydrogen) atoms. The molecule has 4 aromatic rings. The number of para-hydroxylation sites is 1. The fraction of sp³-hybridized carbons (Fsp3) is 0.208. The number of thioether (sulfide) groups is 1. The lowest BCUT2D eigenvalue weighted by atomic mass is 10.1. The summed E-state index contributed by atoms with van der Waals surface area (Å²) in [5.74, 6) is 1.74. The molecule has 7 heteroatoms. The van der Waals surface area contributed by atoms with E-state index in [-0.39, 0.29) is 5.91 Å². The molecule has 0 spiro atoms. The molecule has 0 unspecified atom stereocenters. The van der Waals surface area contributed by atoms with Gasteiger partial charge in [-0.15, -0.1) is 11.8 Å². The summed E-state index contributed by atoms with van der Waals surface area (Å²) in [5.41, 5.74) is 2.77. The van der Waals surface area contributed by atoms with E-state index >= 15 is 0 Å². The van der Waals surface area contributed by atoms with E-state index in [1.807, 2.05) is 42.5 Å². The highest BCUT2D eigenvalue weighted by atomic mass is 32.2. The number of ether oxygens (including phenoxy) is 1. The molecule has 0 bridgehead atoms. The fourth-order valence-electron chi connectivity index (χ4n) is 3.27. The number of carbonyl (C=O) groups is 1. The van der Waals surface area contributed by atoms with Gasteiger partial charge >= 0.3 is 0 Å². The van der Waals surface area contributed by atoms with Crippen molar-refractivity contribution in [3.8, 4) is 5.75 Å². The first-order chi connectivity index (χ1) is 15.2. The summed E-state index contributed by atoms with van der Waals surface area (Å²) in [6.45, 7) is 2.57. The zero-order valence-corrected chi connectivity index (χ0v) is 19.1. The smallest absolute Gasteiger partial charge is 0.233 e.